The van der Waals surface area contributed by atoms with Crippen molar-refractivity contribution in [1.82, 2.24) is 10.6 Å². The zero-order valence-corrected chi connectivity index (χ0v) is 8.97. The van der Waals surface area contributed by atoms with Crippen LogP contribution in [0.25, 0.3) is 0 Å². The predicted octanol–water partition coefficient (Wildman–Crippen LogP) is 0.598. The number of piperidine rings is 2. The van der Waals surface area contributed by atoms with Crippen LogP contribution in [0.15, 0.2) is 0 Å². The van der Waals surface area contributed by atoms with Gasteiger partial charge in [-0.2, -0.15) is 0 Å². The van der Waals surface area contributed by atoms with Crippen molar-refractivity contribution in [2.24, 2.45) is 5.73 Å². The maximum Gasteiger partial charge on any atom is 0.0350 e. The quantitative estimate of drug-likeness (QED) is 0.607. The molecule has 0 aromatic carbocycles. The molecule has 0 bridgehead atoms. The van der Waals surface area contributed by atoms with Gasteiger partial charge in [0.25, 0.3) is 0 Å². The molecule has 2 rings (SSSR count). The van der Waals surface area contributed by atoms with Crippen LogP contribution in [0.3, 0.4) is 0 Å². The summed E-state index contributed by atoms with van der Waals surface area (Å²) < 4.78 is 0. The van der Waals surface area contributed by atoms with Crippen molar-refractivity contribution in [2.75, 3.05) is 13.1 Å². The highest BCUT2D eigenvalue weighted by molar-refractivity contribution is 4.92. The van der Waals surface area contributed by atoms with E-state index < -0.39 is 0 Å². The van der Waals surface area contributed by atoms with Crippen LogP contribution in [0.2, 0.25) is 0 Å². The van der Waals surface area contributed by atoms with Gasteiger partial charge in [-0.3, -0.25) is 0 Å². The van der Waals surface area contributed by atoms with E-state index in [4.69, 9.17) is 5.73 Å². The van der Waals surface area contributed by atoms with Gasteiger partial charge in [0.1, 0.15) is 0 Å². The molecule has 0 amide bonds. The summed E-state index contributed by atoms with van der Waals surface area (Å²) in [6.45, 7) is 2.32. The second-order valence-electron chi connectivity index (χ2n) is 4.69. The van der Waals surface area contributed by atoms with Crippen LogP contribution in [0, 0.1) is 0 Å². The first-order valence-electron chi connectivity index (χ1n) is 6.10. The Balaban J connectivity index is 1.82. The van der Waals surface area contributed by atoms with Gasteiger partial charge in [-0.05, 0) is 38.8 Å². The third-order valence-corrected chi connectivity index (χ3v) is 3.63. The third kappa shape index (κ3) is 2.47. The minimum atomic E-state index is 0.315. The average Bonchev–Trinajstić information content (AvgIpc) is 2.30. The van der Waals surface area contributed by atoms with Crippen molar-refractivity contribution in [1.29, 1.82) is 0 Å². The van der Waals surface area contributed by atoms with Crippen molar-refractivity contribution in [3.8, 4) is 0 Å². The summed E-state index contributed by atoms with van der Waals surface area (Å²) >= 11 is 0. The van der Waals surface area contributed by atoms with E-state index in [0.717, 1.165) is 13.1 Å². The molecular weight excluding hydrogens is 174 g/mol. The van der Waals surface area contributed by atoms with Crippen LogP contribution in [-0.2, 0) is 0 Å². The molecule has 2 aliphatic rings. The van der Waals surface area contributed by atoms with Gasteiger partial charge in [-0.25, -0.2) is 0 Å². The molecule has 0 radical (unpaired) electrons. The van der Waals surface area contributed by atoms with E-state index in [9.17, 15) is 0 Å². The van der Waals surface area contributed by atoms with Crippen LogP contribution >= 0.6 is 0 Å². The smallest absolute Gasteiger partial charge is 0.0350 e. The highest BCUT2D eigenvalue weighted by atomic mass is 15.0. The molecule has 2 atom stereocenters. The zero-order valence-electron chi connectivity index (χ0n) is 8.97. The Hall–Kier alpha value is -0.120. The molecule has 4 N–H and O–H groups in total. The largest absolute Gasteiger partial charge is 0.325 e. The lowest BCUT2D eigenvalue weighted by atomic mass is 9.89. The number of hydrogen-bond acceptors (Lipinski definition) is 3. The molecule has 2 saturated heterocycles. The summed E-state index contributed by atoms with van der Waals surface area (Å²) in [4.78, 5) is 0. The van der Waals surface area contributed by atoms with E-state index in [0.29, 0.717) is 18.1 Å². The minimum absolute atomic E-state index is 0.315. The Bertz CT molecular complexity index is 142. The molecule has 14 heavy (non-hydrogen) atoms. The number of nitrogens with two attached hydrogens (primary N) is 1. The first-order chi connectivity index (χ1) is 6.88. The molecule has 0 aliphatic carbocycles. The lowest BCUT2D eigenvalue weighted by molar-refractivity contribution is 0.266. The lowest BCUT2D eigenvalue weighted by Gasteiger charge is -2.36. The number of nitrogens with one attached hydrogen (secondary N) is 2. The van der Waals surface area contributed by atoms with Gasteiger partial charge >= 0.3 is 0 Å². The fourth-order valence-electron chi connectivity index (χ4n) is 2.70. The normalized spacial score (nSPS) is 36.6. The third-order valence-electron chi connectivity index (χ3n) is 3.63. The predicted molar refractivity (Wildman–Crippen MR) is 59.3 cm³/mol. The minimum Gasteiger partial charge on any atom is -0.325 e. The van der Waals surface area contributed by atoms with Crippen molar-refractivity contribution >= 4 is 0 Å². The van der Waals surface area contributed by atoms with Gasteiger partial charge in [0, 0.05) is 18.1 Å². The molecule has 0 aromatic rings. The van der Waals surface area contributed by atoms with E-state index in [1.807, 2.05) is 0 Å². The zero-order chi connectivity index (χ0) is 9.80. The summed E-state index contributed by atoms with van der Waals surface area (Å²) in [5, 5.41) is 7.10. The summed E-state index contributed by atoms with van der Waals surface area (Å²) in [6.07, 6.45) is 7.86. The maximum atomic E-state index is 6.30. The maximum absolute atomic E-state index is 6.30. The van der Waals surface area contributed by atoms with Gasteiger partial charge in [-0.15, -0.1) is 0 Å². The topological polar surface area (TPSA) is 50.1 Å². The van der Waals surface area contributed by atoms with Crippen molar-refractivity contribution < 1.29 is 0 Å². The number of hydrogen-bond donors (Lipinski definition) is 3. The standard InChI is InChI=1S/C11H23N3/c12-11(9-5-1-3-7-13-9)10-6-2-4-8-14-10/h9-11,13-14H,1-8,12H2. The van der Waals surface area contributed by atoms with Crippen molar-refractivity contribution in [3.63, 3.8) is 0 Å². The first-order valence-corrected chi connectivity index (χ1v) is 6.10. The van der Waals surface area contributed by atoms with Crippen molar-refractivity contribution in [2.45, 2.75) is 56.7 Å². The Labute approximate surface area is 86.8 Å². The molecule has 2 unspecified atom stereocenters. The molecule has 2 aliphatic heterocycles. The molecule has 0 aromatic heterocycles. The van der Waals surface area contributed by atoms with Crippen LogP contribution in [0.5, 0.6) is 0 Å². The van der Waals surface area contributed by atoms with E-state index in [2.05, 4.69) is 10.6 Å². The molecule has 2 heterocycles. The Kier molecular flexibility index (Phi) is 3.79. The van der Waals surface area contributed by atoms with E-state index in [1.54, 1.807) is 0 Å². The van der Waals surface area contributed by atoms with Gasteiger partial charge < -0.3 is 16.4 Å². The first kappa shape index (κ1) is 10.4. The molecule has 2 fully saturated rings. The fourth-order valence-corrected chi connectivity index (χ4v) is 2.70. The summed E-state index contributed by atoms with van der Waals surface area (Å²) in [5.74, 6) is 0. The monoisotopic (exact) mass is 197 g/mol. The SMILES string of the molecule is NC(C1CCCCN1)C1CCCCN1. The van der Waals surface area contributed by atoms with Crippen LogP contribution in [-0.4, -0.2) is 31.2 Å². The van der Waals surface area contributed by atoms with Crippen molar-refractivity contribution in [3.05, 3.63) is 0 Å². The second kappa shape index (κ2) is 5.10. The Morgan fingerprint density at radius 3 is 1.71 bits per heavy atom. The van der Waals surface area contributed by atoms with Gasteiger partial charge in [-0.1, -0.05) is 12.8 Å². The van der Waals surface area contributed by atoms with E-state index in [1.165, 1.54) is 38.5 Å². The van der Waals surface area contributed by atoms with Crippen LogP contribution in [0.4, 0.5) is 0 Å². The van der Waals surface area contributed by atoms with Gasteiger partial charge in [0.05, 0.1) is 0 Å². The Morgan fingerprint density at radius 2 is 1.36 bits per heavy atom. The average molecular weight is 197 g/mol. The van der Waals surface area contributed by atoms with Gasteiger partial charge in [0.15, 0.2) is 0 Å². The summed E-state index contributed by atoms with van der Waals surface area (Å²) in [7, 11) is 0. The fraction of sp³-hybridized carbons (Fsp3) is 1.00. The lowest BCUT2D eigenvalue weighted by Crippen LogP contribution is -2.58. The van der Waals surface area contributed by atoms with Gasteiger partial charge in [0.2, 0.25) is 0 Å². The molecule has 0 spiro atoms. The molecule has 3 heteroatoms. The highest BCUT2D eigenvalue weighted by Gasteiger charge is 2.27. The Morgan fingerprint density at radius 1 is 0.857 bits per heavy atom. The molecular formula is C11H23N3. The van der Waals surface area contributed by atoms with E-state index in [-0.39, 0.29) is 0 Å². The van der Waals surface area contributed by atoms with Crippen LogP contribution in [0.1, 0.15) is 38.5 Å². The number of rotatable bonds is 2. The summed E-state index contributed by atoms with van der Waals surface area (Å²) in [6, 6.07) is 1.43. The van der Waals surface area contributed by atoms with Crippen LogP contribution < -0.4 is 16.4 Å². The highest BCUT2D eigenvalue weighted by Crippen LogP contribution is 2.16. The van der Waals surface area contributed by atoms with E-state index >= 15 is 0 Å². The second-order valence-corrected chi connectivity index (χ2v) is 4.69. The molecule has 0 saturated carbocycles. The summed E-state index contributed by atoms with van der Waals surface area (Å²) in [5.41, 5.74) is 6.30. The molecule has 82 valence electrons. The molecule has 3 nitrogen and oxygen atoms in total.